The van der Waals surface area contributed by atoms with Crippen LogP contribution in [-0.2, 0) is 9.59 Å². The lowest BCUT2D eigenvalue weighted by atomic mass is 10.2. The summed E-state index contributed by atoms with van der Waals surface area (Å²) in [7, 11) is 1.54. The molecule has 2 rings (SSSR count). The van der Waals surface area contributed by atoms with Crippen molar-refractivity contribution < 1.29 is 19.1 Å². The number of nitrogens with zero attached hydrogens (tertiary/aromatic N) is 1. The van der Waals surface area contributed by atoms with E-state index in [9.17, 15) is 9.59 Å². The van der Waals surface area contributed by atoms with Crippen molar-refractivity contribution in [2.75, 3.05) is 25.5 Å². The minimum Gasteiger partial charge on any atom is -0.495 e. The van der Waals surface area contributed by atoms with Crippen LogP contribution in [0, 0.1) is 0 Å². The van der Waals surface area contributed by atoms with E-state index >= 15 is 0 Å². The SMILES string of the molecule is CCCN(CC(=O)Nc1ccccc1OC)C(=O)C(C)Oc1ccc(Br)cc1. The van der Waals surface area contributed by atoms with Crippen LogP contribution < -0.4 is 14.8 Å². The van der Waals surface area contributed by atoms with E-state index in [1.807, 2.05) is 25.1 Å². The van der Waals surface area contributed by atoms with Gasteiger partial charge in [0.15, 0.2) is 6.10 Å². The van der Waals surface area contributed by atoms with Crippen LogP contribution in [0.2, 0.25) is 0 Å². The zero-order chi connectivity index (χ0) is 20.5. The molecule has 0 radical (unpaired) electrons. The summed E-state index contributed by atoms with van der Waals surface area (Å²) in [5.41, 5.74) is 0.568. The number of hydrogen-bond donors (Lipinski definition) is 1. The van der Waals surface area contributed by atoms with Crippen LogP contribution in [0.3, 0.4) is 0 Å². The van der Waals surface area contributed by atoms with Crippen LogP contribution in [0.5, 0.6) is 11.5 Å². The molecule has 0 bridgehead atoms. The van der Waals surface area contributed by atoms with Crippen molar-refractivity contribution in [1.29, 1.82) is 0 Å². The standard InChI is InChI=1S/C21H25BrN2O4/c1-4-13-24(14-20(25)23-18-7-5-6-8-19(18)27-3)21(26)15(2)28-17-11-9-16(22)10-12-17/h5-12,15H,4,13-14H2,1-3H3,(H,23,25). The van der Waals surface area contributed by atoms with Gasteiger partial charge >= 0.3 is 0 Å². The largest absolute Gasteiger partial charge is 0.495 e. The van der Waals surface area contributed by atoms with Crippen LogP contribution in [0.4, 0.5) is 5.69 Å². The maximum Gasteiger partial charge on any atom is 0.263 e. The lowest BCUT2D eigenvalue weighted by Gasteiger charge is -2.25. The molecule has 0 saturated carbocycles. The molecule has 1 N–H and O–H groups in total. The molecule has 1 atom stereocenters. The Morgan fingerprint density at radius 1 is 1.14 bits per heavy atom. The average Bonchev–Trinajstić information content (AvgIpc) is 2.69. The van der Waals surface area contributed by atoms with Gasteiger partial charge in [0.1, 0.15) is 11.5 Å². The molecule has 2 amide bonds. The number of carbonyl (C=O) groups excluding carboxylic acids is 2. The quantitative estimate of drug-likeness (QED) is 0.626. The Kier molecular flexibility index (Phi) is 8.32. The Bertz CT molecular complexity index is 795. The summed E-state index contributed by atoms with van der Waals surface area (Å²) in [5.74, 6) is 0.636. The summed E-state index contributed by atoms with van der Waals surface area (Å²) >= 11 is 3.36. The third-order valence-electron chi connectivity index (χ3n) is 3.99. The molecule has 150 valence electrons. The number of halogens is 1. The minimum atomic E-state index is -0.702. The predicted octanol–water partition coefficient (Wildman–Crippen LogP) is 4.10. The molecule has 0 aromatic heterocycles. The van der Waals surface area contributed by atoms with E-state index in [4.69, 9.17) is 9.47 Å². The Morgan fingerprint density at radius 2 is 1.82 bits per heavy atom. The number of para-hydroxylation sites is 2. The first kappa shape index (κ1) is 21.8. The summed E-state index contributed by atoms with van der Waals surface area (Å²) in [6.07, 6.45) is 0.0328. The number of hydrogen-bond acceptors (Lipinski definition) is 4. The molecule has 0 saturated heterocycles. The molecule has 28 heavy (non-hydrogen) atoms. The van der Waals surface area contributed by atoms with Crippen molar-refractivity contribution >= 4 is 33.4 Å². The molecule has 2 aromatic carbocycles. The summed E-state index contributed by atoms with van der Waals surface area (Å²) in [5, 5.41) is 2.80. The molecule has 6 nitrogen and oxygen atoms in total. The van der Waals surface area contributed by atoms with Crippen molar-refractivity contribution in [1.82, 2.24) is 4.90 Å². The van der Waals surface area contributed by atoms with Crippen LogP contribution in [0.15, 0.2) is 53.0 Å². The van der Waals surface area contributed by atoms with Crippen molar-refractivity contribution in [3.63, 3.8) is 0 Å². The highest BCUT2D eigenvalue weighted by atomic mass is 79.9. The zero-order valence-corrected chi connectivity index (χ0v) is 17.9. The fourth-order valence-electron chi connectivity index (χ4n) is 2.67. The first-order valence-corrected chi connectivity index (χ1v) is 9.87. The van der Waals surface area contributed by atoms with E-state index in [0.29, 0.717) is 23.7 Å². The van der Waals surface area contributed by atoms with E-state index in [1.165, 1.54) is 4.90 Å². The monoisotopic (exact) mass is 448 g/mol. The molecule has 0 fully saturated rings. The minimum absolute atomic E-state index is 0.0568. The summed E-state index contributed by atoms with van der Waals surface area (Å²) in [4.78, 5) is 26.8. The van der Waals surface area contributed by atoms with Crippen molar-refractivity contribution in [3.8, 4) is 11.5 Å². The van der Waals surface area contributed by atoms with Gasteiger partial charge in [-0.25, -0.2) is 0 Å². The van der Waals surface area contributed by atoms with E-state index in [2.05, 4.69) is 21.2 Å². The molecule has 7 heteroatoms. The van der Waals surface area contributed by atoms with Gasteiger partial charge in [0, 0.05) is 11.0 Å². The number of ether oxygens (including phenoxy) is 2. The highest BCUT2D eigenvalue weighted by Gasteiger charge is 2.24. The van der Waals surface area contributed by atoms with E-state index in [0.717, 1.165) is 10.9 Å². The summed E-state index contributed by atoms with van der Waals surface area (Å²) in [6, 6.07) is 14.4. The number of nitrogens with one attached hydrogen (secondary N) is 1. The average molecular weight is 449 g/mol. The number of anilines is 1. The third kappa shape index (κ3) is 6.27. The van der Waals surface area contributed by atoms with E-state index in [-0.39, 0.29) is 18.4 Å². The van der Waals surface area contributed by atoms with Gasteiger partial charge in [-0.05, 0) is 49.7 Å². The second-order valence-corrected chi connectivity index (χ2v) is 7.14. The van der Waals surface area contributed by atoms with Gasteiger partial charge in [-0.1, -0.05) is 35.0 Å². The number of carbonyl (C=O) groups is 2. The van der Waals surface area contributed by atoms with Crippen molar-refractivity contribution in [2.45, 2.75) is 26.4 Å². The molecule has 0 aliphatic carbocycles. The Morgan fingerprint density at radius 3 is 2.46 bits per heavy atom. The Labute approximate surface area is 174 Å². The lowest BCUT2D eigenvalue weighted by molar-refractivity contribution is -0.140. The normalized spacial score (nSPS) is 11.4. The predicted molar refractivity (Wildman–Crippen MR) is 113 cm³/mol. The third-order valence-corrected chi connectivity index (χ3v) is 4.52. The number of methoxy groups -OCH3 is 1. The fraction of sp³-hybridized carbons (Fsp3) is 0.333. The van der Waals surface area contributed by atoms with Gasteiger partial charge < -0.3 is 19.7 Å². The van der Waals surface area contributed by atoms with E-state index < -0.39 is 6.10 Å². The maximum atomic E-state index is 12.8. The van der Waals surface area contributed by atoms with Gasteiger partial charge in [-0.15, -0.1) is 0 Å². The highest BCUT2D eigenvalue weighted by Crippen LogP contribution is 2.23. The molecular weight excluding hydrogens is 424 g/mol. The Hall–Kier alpha value is -2.54. The molecule has 0 aliphatic rings. The summed E-state index contributed by atoms with van der Waals surface area (Å²) < 4.78 is 11.9. The van der Waals surface area contributed by atoms with Crippen molar-refractivity contribution in [3.05, 3.63) is 53.0 Å². The highest BCUT2D eigenvalue weighted by molar-refractivity contribution is 9.10. The van der Waals surface area contributed by atoms with Crippen LogP contribution in [0.1, 0.15) is 20.3 Å². The maximum absolute atomic E-state index is 12.8. The molecule has 0 spiro atoms. The number of benzene rings is 2. The van der Waals surface area contributed by atoms with Gasteiger partial charge in [-0.3, -0.25) is 9.59 Å². The van der Waals surface area contributed by atoms with Crippen LogP contribution >= 0.6 is 15.9 Å². The molecule has 0 heterocycles. The van der Waals surface area contributed by atoms with Crippen LogP contribution in [-0.4, -0.2) is 43.0 Å². The van der Waals surface area contributed by atoms with Crippen molar-refractivity contribution in [2.24, 2.45) is 0 Å². The lowest BCUT2D eigenvalue weighted by Crippen LogP contribution is -2.44. The van der Waals surface area contributed by atoms with Gasteiger partial charge in [0.25, 0.3) is 5.91 Å². The number of amides is 2. The molecule has 1 unspecified atom stereocenters. The van der Waals surface area contributed by atoms with E-state index in [1.54, 1.807) is 44.4 Å². The second kappa shape index (κ2) is 10.7. The first-order chi connectivity index (χ1) is 13.4. The van der Waals surface area contributed by atoms with Gasteiger partial charge in [-0.2, -0.15) is 0 Å². The van der Waals surface area contributed by atoms with Crippen LogP contribution in [0.25, 0.3) is 0 Å². The molecule has 0 aliphatic heterocycles. The zero-order valence-electron chi connectivity index (χ0n) is 16.3. The fourth-order valence-corrected chi connectivity index (χ4v) is 2.94. The smallest absolute Gasteiger partial charge is 0.263 e. The first-order valence-electron chi connectivity index (χ1n) is 9.08. The molecule has 2 aromatic rings. The van der Waals surface area contributed by atoms with Gasteiger partial charge in [0.2, 0.25) is 5.91 Å². The Balaban J connectivity index is 2.01. The van der Waals surface area contributed by atoms with Gasteiger partial charge in [0.05, 0.1) is 19.3 Å². The second-order valence-electron chi connectivity index (χ2n) is 6.22. The molecular formula is C21H25BrN2O4. The number of rotatable bonds is 9. The topological polar surface area (TPSA) is 67.9 Å². The summed E-state index contributed by atoms with van der Waals surface area (Å²) in [6.45, 7) is 4.05.